The monoisotopic (exact) mass is 439 g/mol. The highest BCUT2D eigenvalue weighted by Gasteiger charge is 2.38. The van der Waals surface area contributed by atoms with Gasteiger partial charge in [0.05, 0.1) is 18.4 Å². The maximum Gasteiger partial charge on any atom is 0.239 e. The predicted molar refractivity (Wildman–Crippen MR) is 108 cm³/mol. The van der Waals surface area contributed by atoms with E-state index in [2.05, 4.69) is 26.2 Å². The van der Waals surface area contributed by atoms with Crippen LogP contribution in [0.5, 0.6) is 0 Å². The number of para-hydroxylation sites is 1. The summed E-state index contributed by atoms with van der Waals surface area (Å²) in [5.41, 5.74) is 1.70. The van der Waals surface area contributed by atoms with Gasteiger partial charge in [-0.3, -0.25) is 9.59 Å². The SMILES string of the molecule is O=C(NCc1ncc(-c2ccccc2)o1)C1CCN(c2ccccc2Br)C1=O. The molecule has 2 heterocycles. The van der Waals surface area contributed by atoms with E-state index in [-0.39, 0.29) is 18.4 Å². The highest BCUT2D eigenvalue weighted by Crippen LogP contribution is 2.31. The molecule has 1 fully saturated rings. The molecule has 0 aliphatic carbocycles. The summed E-state index contributed by atoms with van der Waals surface area (Å²) in [5, 5.41) is 2.77. The summed E-state index contributed by atoms with van der Waals surface area (Å²) < 4.78 is 6.52. The van der Waals surface area contributed by atoms with Crippen molar-refractivity contribution in [2.24, 2.45) is 5.92 Å². The van der Waals surface area contributed by atoms with Crippen LogP contribution in [0.3, 0.4) is 0 Å². The van der Waals surface area contributed by atoms with Crippen LogP contribution >= 0.6 is 15.9 Å². The minimum absolute atomic E-state index is 0.143. The lowest BCUT2D eigenvalue weighted by molar-refractivity contribution is -0.132. The molecule has 7 heteroatoms. The average Bonchev–Trinajstić information content (AvgIpc) is 3.34. The second-order valence-electron chi connectivity index (χ2n) is 6.48. The first-order valence-electron chi connectivity index (χ1n) is 8.97. The summed E-state index contributed by atoms with van der Waals surface area (Å²) in [5.74, 6) is -0.154. The molecule has 0 bridgehead atoms. The van der Waals surface area contributed by atoms with Crippen LogP contribution < -0.4 is 10.2 Å². The molecule has 3 aromatic rings. The first-order valence-corrected chi connectivity index (χ1v) is 9.76. The van der Waals surface area contributed by atoms with Crippen molar-refractivity contribution in [1.82, 2.24) is 10.3 Å². The molecule has 1 aliphatic rings. The Morgan fingerprint density at radius 2 is 1.93 bits per heavy atom. The zero-order valence-corrected chi connectivity index (χ0v) is 16.6. The first kappa shape index (κ1) is 18.4. The predicted octanol–water partition coefficient (Wildman–Crippen LogP) is 3.77. The molecular weight excluding hydrogens is 422 g/mol. The number of carbonyl (C=O) groups excluding carboxylic acids is 2. The van der Waals surface area contributed by atoms with Gasteiger partial charge in [0.2, 0.25) is 17.7 Å². The minimum atomic E-state index is -0.698. The van der Waals surface area contributed by atoms with Crippen molar-refractivity contribution >= 4 is 33.4 Å². The van der Waals surface area contributed by atoms with Gasteiger partial charge in [-0.2, -0.15) is 0 Å². The zero-order valence-electron chi connectivity index (χ0n) is 15.0. The Morgan fingerprint density at radius 1 is 1.18 bits per heavy atom. The van der Waals surface area contributed by atoms with Crippen LogP contribution in [-0.2, 0) is 16.1 Å². The van der Waals surface area contributed by atoms with E-state index in [0.29, 0.717) is 24.6 Å². The van der Waals surface area contributed by atoms with Gasteiger partial charge in [-0.05, 0) is 34.5 Å². The number of carbonyl (C=O) groups is 2. The van der Waals surface area contributed by atoms with Gasteiger partial charge in [0, 0.05) is 16.6 Å². The van der Waals surface area contributed by atoms with Crippen LogP contribution in [0.15, 0.2) is 69.7 Å². The van der Waals surface area contributed by atoms with Gasteiger partial charge in [-0.1, -0.05) is 42.5 Å². The average molecular weight is 440 g/mol. The Labute approximate surface area is 170 Å². The van der Waals surface area contributed by atoms with Crippen molar-refractivity contribution < 1.29 is 14.0 Å². The van der Waals surface area contributed by atoms with Crippen molar-refractivity contribution in [3.63, 3.8) is 0 Å². The third-order valence-corrected chi connectivity index (χ3v) is 5.36. The van der Waals surface area contributed by atoms with Crippen LogP contribution in [0.25, 0.3) is 11.3 Å². The van der Waals surface area contributed by atoms with Gasteiger partial charge in [0.1, 0.15) is 5.92 Å². The number of benzene rings is 2. The number of hydrogen-bond donors (Lipinski definition) is 1. The molecule has 1 aromatic heterocycles. The van der Waals surface area contributed by atoms with E-state index in [4.69, 9.17) is 4.42 Å². The van der Waals surface area contributed by atoms with E-state index in [1.165, 1.54) is 0 Å². The molecule has 1 saturated heterocycles. The third-order valence-electron chi connectivity index (χ3n) is 4.69. The normalized spacial score (nSPS) is 16.4. The highest BCUT2D eigenvalue weighted by molar-refractivity contribution is 9.10. The van der Waals surface area contributed by atoms with Gasteiger partial charge in [0.15, 0.2) is 5.76 Å². The topological polar surface area (TPSA) is 75.4 Å². The Morgan fingerprint density at radius 3 is 2.71 bits per heavy atom. The molecule has 1 aliphatic heterocycles. The molecule has 142 valence electrons. The maximum atomic E-state index is 12.7. The molecular formula is C21H18BrN3O3. The summed E-state index contributed by atoms with van der Waals surface area (Å²) in [6, 6.07) is 17.1. The second kappa shape index (κ2) is 7.98. The number of halogens is 1. The molecule has 0 saturated carbocycles. The van der Waals surface area contributed by atoms with Crippen molar-refractivity contribution in [3.05, 3.63) is 71.2 Å². The van der Waals surface area contributed by atoms with Gasteiger partial charge >= 0.3 is 0 Å². The van der Waals surface area contributed by atoms with Crippen molar-refractivity contribution in [2.45, 2.75) is 13.0 Å². The summed E-state index contributed by atoms with van der Waals surface area (Å²) in [6.07, 6.45) is 2.11. The number of aromatic nitrogens is 1. The lowest BCUT2D eigenvalue weighted by atomic mass is 10.1. The fraction of sp³-hybridized carbons (Fsp3) is 0.190. The Hall–Kier alpha value is -2.93. The van der Waals surface area contributed by atoms with Crippen LogP contribution in [0.1, 0.15) is 12.3 Å². The van der Waals surface area contributed by atoms with Gasteiger partial charge < -0.3 is 14.6 Å². The van der Waals surface area contributed by atoms with E-state index in [1.807, 2.05) is 54.6 Å². The van der Waals surface area contributed by atoms with E-state index in [0.717, 1.165) is 15.7 Å². The summed E-state index contributed by atoms with van der Waals surface area (Å²) in [6.45, 7) is 0.654. The standard InChI is InChI=1S/C21H18BrN3O3/c22-16-8-4-5-9-17(16)25-11-10-15(21(25)27)20(26)24-13-19-23-12-18(28-19)14-6-2-1-3-7-14/h1-9,12,15H,10-11,13H2,(H,24,26). The van der Waals surface area contributed by atoms with Gasteiger partial charge in [-0.25, -0.2) is 4.98 Å². The molecule has 28 heavy (non-hydrogen) atoms. The Balaban J connectivity index is 1.38. The number of hydrogen-bond acceptors (Lipinski definition) is 4. The lowest BCUT2D eigenvalue weighted by Crippen LogP contribution is -2.36. The summed E-state index contributed by atoms with van der Waals surface area (Å²) >= 11 is 3.46. The maximum absolute atomic E-state index is 12.7. The number of rotatable bonds is 5. The first-order chi connectivity index (χ1) is 13.6. The number of nitrogens with one attached hydrogen (secondary N) is 1. The van der Waals surface area contributed by atoms with E-state index >= 15 is 0 Å². The van der Waals surface area contributed by atoms with E-state index in [9.17, 15) is 9.59 Å². The summed E-state index contributed by atoms with van der Waals surface area (Å²) in [7, 11) is 0. The molecule has 1 atom stereocenters. The number of anilines is 1. The molecule has 6 nitrogen and oxygen atoms in total. The Kier molecular flexibility index (Phi) is 5.25. The van der Waals surface area contributed by atoms with Gasteiger partial charge in [-0.15, -0.1) is 0 Å². The third kappa shape index (κ3) is 3.71. The van der Waals surface area contributed by atoms with E-state index in [1.54, 1.807) is 11.1 Å². The van der Waals surface area contributed by atoms with Crippen molar-refractivity contribution in [2.75, 3.05) is 11.4 Å². The number of oxazole rings is 1. The molecule has 2 amide bonds. The molecule has 4 rings (SSSR count). The largest absolute Gasteiger partial charge is 0.439 e. The number of nitrogens with zero attached hydrogens (tertiary/aromatic N) is 2. The fourth-order valence-corrected chi connectivity index (χ4v) is 3.75. The van der Waals surface area contributed by atoms with Crippen LogP contribution in [0.2, 0.25) is 0 Å². The fourth-order valence-electron chi connectivity index (χ4n) is 3.25. The van der Waals surface area contributed by atoms with Crippen LogP contribution in [-0.4, -0.2) is 23.3 Å². The van der Waals surface area contributed by atoms with Crippen LogP contribution in [0, 0.1) is 5.92 Å². The molecule has 0 spiro atoms. The smallest absolute Gasteiger partial charge is 0.239 e. The van der Waals surface area contributed by atoms with Crippen molar-refractivity contribution in [3.8, 4) is 11.3 Å². The molecule has 1 N–H and O–H groups in total. The molecule has 2 aromatic carbocycles. The van der Waals surface area contributed by atoms with E-state index < -0.39 is 5.92 Å². The highest BCUT2D eigenvalue weighted by atomic mass is 79.9. The lowest BCUT2D eigenvalue weighted by Gasteiger charge is -2.18. The van der Waals surface area contributed by atoms with Crippen molar-refractivity contribution in [1.29, 1.82) is 0 Å². The second-order valence-corrected chi connectivity index (χ2v) is 7.34. The van der Waals surface area contributed by atoms with Crippen LogP contribution in [0.4, 0.5) is 5.69 Å². The van der Waals surface area contributed by atoms with Gasteiger partial charge in [0.25, 0.3) is 0 Å². The number of amides is 2. The zero-order chi connectivity index (χ0) is 19.5. The molecule has 1 unspecified atom stereocenters. The molecule has 0 radical (unpaired) electrons. The summed E-state index contributed by atoms with van der Waals surface area (Å²) in [4.78, 5) is 31.1. The Bertz CT molecular complexity index is 1000. The minimum Gasteiger partial charge on any atom is -0.439 e. The quantitative estimate of drug-likeness (QED) is 0.613.